The van der Waals surface area contributed by atoms with Gasteiger partial charge in [-0.1, -0.05) is 164 Å². The molecule has 12 rings (SSSR count). The van der Waals surface area contributed by atoms with E-state index in [2.05, 4.69) is 164 Å². The number of thiophene rings is 1. The Labute approximate surface area is 362 Å². The molecule has 0 spiro atoms. The van der Waals surface area contributed by atoms with Crippen molar-refractivity contribution in [2.45, 2.75) is 0 Å². The average molecular weight is 810 g/mol. The second-order valence-electron chi connectivity index (χ2n) is 15.6. The largest absolute Gasteiger partial charge is 0.455 e. The van der Waals surface area contributed by atoms with Crippen LogP contribution in [0.4, 0.5) is 0 Å². The van der Waals surface area contributed by atoms with Crippen molar-refractivity contribution >= 4 is 53.4 Å². The van der Waals surface area contributed by atoms with Crippen molar-refractivity contribution in [2.24, 2.45) is 0 Å². The molecule has 12 aromatic rings. The molecular weight excluding hydrogens is 775 g/mol. The highest BCUT2D eigenvalue weighted by atomic mass is 32.1. The van der Waals surface area contributed by atoms with E-state index in [0.717, 1.165) is 83.1 Å². The van der Waals surface area contributed by atoms with E-state index in [-0.39, 0.29) is 0 Å². The van der Waals surface area contributed by atoms with Crippen molar-refractivity contribution in [3.63, 3.8) is 0 Å². The summed E-state index contributed by atoms with van der Waals surface area (Å²) in [5.41, 5.74) is 13.3. The molecular formula is C57H35N3OS. The number of rotatable bonds is 7. The molecule has 0 N–H and O–H groups in total. The van der Waals surface area contributed by atoms with Crippen LogP contribution in [0.15, 0.2) is 217 Å². The van der Waals surface area contributed by atoms with Crippen molar-refractivity contribution in [1.82, 2.24) is 15.0 Å². The lowest BCUT2D eigenvalue weighted by molar-refractivity contribution is 0.670. The molecule has 0 saturated carbocycles. The minimum atomic E-state index is 0.609. The normalized spacial score (nSPS) is 11.5. The first-order valence-corrected chi connectivity index (χ1v) is 21.6. The fourth-order valence-electron chi connectivity index (χ4n) is 8.69. The van der Waals surface area contributed by atoms with Gasteiger partial charge in [-0.3, -0.25) is 0 Å². The minimum Gasteiger partial charge on any atom is -0.455 e. The van der Waals surface area contributed by atoms with Gasteiger partial charge >= 0.3 is 0 Å². The lowest BCUT2D eigenvalue weighted by Gasteiger charge is -2.13. The van der Waals surface area contributed by atoms with E-state index < -0.39 is 0 Å². The molecule has 0 atom stereocenters. The molecule has 0 fully saturated rings. The van der Waals surface area contributed by atoms with Crippen LogP contribution in [0.5, 0.6) is 0 Å². The standard InChI is InChI=1S/C57H35N3OS/c1-4-14-36(15-5-1)42-32-43(37-16-6-2-7-17-37)34-44(33-42)57-59-55(39-18-8-3-9-19-39)58-56(60-57)40-26-24-38(25-27-40)45-29-30-46(54-53(45)48-21-10-12-22-50(48)61-54)41-28-31-52-49(35-41)47-20-11-13-23-51(47)62-52/h1-35H. The first-order chi connectivity index (χ1) is 30.7. The van der Waals surface area contributed by atoms with Crippen LogP contribution >= 0.6 is 11.3 Å². The smallest absolute Gasteiger partial charge is 0.164 e. The molecule has 0 aliphatic heterocycles. The second-order valence-corrected chi connectivity index (χ2v) is 16.6. The van der Waals surface area contributed by atoms with Gasteiger partial charge in [0.2, 0.25) is 0 Å². The molecule has 0 aliphatic rings. The third kappa shape index (κ3) is 6.35. The van der Waals surface area contributed by atoms with Crippen LogP contribution in [0, 0.1) is 0 Å². The van der Waals surface area contributed by atoms with Crippen molar-refractivity contribution in [3.05, 3.63) is 212 Å². The molecule has 62 heavy (non-hydrogen) atoms. The molecule has 0 bridgehead atoms. The lowest BCUT2D eigenvalue weighted by atomic mass is 9.93. The number of furan rings is 1. The topological polar surface area (TPSA) is 51.8 Å². The van der Waals surface area contributed by atoms with Gasteiger partial charge in [0.15, 0.2) is 17.5 Å². The Kier molecular flexibility index (Phi) is 8.65. The van der Waals surface area contributed by atoms with E-state index in [9.17, 15) is 0 Å². The third-order valence-corrected chi connectivity index (χ3v) is 12.9. The van der Waals surface area contributed by atoms with Gasteiger partial charge in [-0.25, -0.2) is 15.0 Å². The first kappa shape index (κ1) is 35.9. The zero-order valence-electron chi connectivity index (χ0n) is 33.4. The summed E-state index contributed by atoms with van der Waals surface area (Å²) in [5.74, 6) is 1.85. The average Bonchev–Trinajstić information content (AvgIpc) is 3.93. The summed E-state index contributed by atoms with van der Waals surface area (Å²) in [5, 5.41) is 4.74. The summed E-state index contributed by atoms with van der Waals surface area (Å²) in [6, 6.07) is 74.5. The van der Waals surface area contributed by atoms with E-state index in [1.807, 2.05) is 59.9 Å². The maximum Gasteiger partial charge on any atom is 0.164 e. The number of nitrogens with zero attached hydrogens (tertiary/aromatic N) is 3. The highest BCUT2D eigenvalue weighted by Gasteiger charge is 2.19. The lowest BCUT2D eigenvalue weighted by Crippen LogP contribution is -2.00. The van der Waals surface area contributed by atoms with Gasteiger partial charge in [-0.2, -0.15) is 0 Å². The fraction of sp³-hybridized carbons (Fsp3) is 0. The van der Waals surface area contributed by atoms with Crippen molar-refractivity contribution in [1.29, 1.82) is 0 Å². The Bertz CT molecular complexity index is 3560. The Morgan fingerprint density at radius 1 is 0.306 bits per heavy atom. The molecule has 0 aliphatic carbocycles. The van der Waals surface area contributed by atoms with Gasteiger partial charge < -0.3 is 4.42 Å². The van der Waals surface area contributed by atoms with E-state index in [1.54, 1.807) is 0 Å². The molecule has 0 radical (unpaired) electrons. The highest BCUT2D eigenvalue weighted by molar-refractivity contribution is 7.25. The summed E-state index contributed by atoms with van der Waals surface area (Å²) in [4.78, 5) is 15.4. The number of aromatic nitrogens is 3. The second kappa shape index (κ2) is 14.9. The first-order valence-electron chi connectivity index (χ1n) is 20.7. The number of para-hydroxylation sites is 1. The Morgan fingerprint density at radius 2 is 0.790 bits per heavy atom. The van der Waals surface area contributed by atoms with Crippen LogP contribution in [-0.4, -0.2) is 15.0 Å². The molecule has 5 heteroatoms. The van der Waals surface area contributed by atoms with Gasteiger partial charge in [0.05, 0.1) is 0 Å². The number of hydrogen-bond donors (Lipinski definition) is 0. The fourth-order valence-corrected chi connectivity index (χ4v) is 9.78. The minimum absolute atomic E-state index is 0.609. The third-order valence-electron chi connectivity index (χ3n) is 11.7. The zero-order chi connectivity index (χ0) is 41.0. The predicted octanol–water partition coefficient (Wildman–Crippen LogP) is 15.8. The highest BCUT2D eigenvalue weighted by Crippen LogP contribution is 2.44. The maximum absolute atomic E-state index is 6.73. The summed E-state index contributed by atoms with van der Waals surface area (Å²) >= 11 is 1.83. The summed E-state index contributed by atoms with van der Waals surface area (Å²) < 4.78 is 9.31. The van der Waals surface area contributed by atoms with E-state index in [4.69, 9.17) is 19.4 Å². The summed E-state index contributed by atoms with van der Waals surface area (Å²) in [7, 11) is 0. The van der Waals surface area contributed by atoms with Crippen molar-refractivity contribution in [3.8, 4) is 78.7 Å². The van der Waals surface area contributed by atoms with Crippen molar-refractivity contribution in [2.75, 3.05) is 0 Å². The predicted molar refractivity (Wildman–Crippen MR) is 258 cm³/mol. The van der Waals surface area contributed by atoms with Crippen LogP contribution in [0.1, 0.15) is 0 Å². The molecule has 3 heterocycles. The Balaban J connectivity index is 0.982. The molecule has 0 amide bonds. The monoisotopic (exact) mass is 809 g/mol. The van der Waals surface area contributed by atoms with Crippen LogP contribution in [-0.2, 0) is 0 Å². The van der Waals surface area contributed by atoms with Crippen LogP contribution < -0.4 is 0 Å². The maximum atomic E-state index is 6.73. The molecule has 0 unspecified atom stereocenters. The number of benzene rings is 9. The molecule has 290 valence electrons. The van der Waals surface area contributed by atoms with Gasteiger partial charge in [0.1, 0.15) is 11.2 Å². The molecule has 4 nitrogen and oxygen atoms in total. The Morgan fingerprint density at radius 3 is 1.47 bits per heavy atom. The van der Waals surface area contributed by atoms with Crippen LogP contribution in [0.2, 0.25) is 0 Å². The molecule has 0 saturated heterocycles. The van der Waals surface area contributed by atoms with Gasteiger partial charge in [0, 0.05) is 53.2 Å². The Hall–Kier alpha value is -7.99. The van der Waals surface area contributed by atoms with E-state index >= 15 is 0 Å². The van der Waals surface area contributed by atoms with Gasteiger partial charge in [-0.05, 0) is 87.5 Å². The van der Waals surface area contributed by atoms with E-state index in [1.165, 1.54) is 20.2 Å². The molecule has 9 aromatic carbocycles. The van der Waals surface area contributed by atoms with Crippen LogP contribution in [0.3, 0.4) is 0 Å². The number of hydrogen-bond acceptors (Lipinski definition) is 5. The molecule has 3 aromatic heterocycles. The zero-order valence-corrected chi connectivity index (χ0v) is 34.2. The summed E-state index contributed by atoms with van der Waals surface area (Å²) in [6.07, 6.45) is 0. The summed E-state index contributed by atoms with van der Waals surface area (Å²) in [6.45, 7) is 0. The van der Waals surface area contributed by atoms with Crippen LogP contribution in [0.25, 0.3) is 121 Å². The van der Waals surface area contributed by atoms with Crippen molar-refractivity contribution < 1.29 is 4.42 Å². The SMILES string of the molecule is c1ccc(-c2cc(-c3ccccc3)cc(-c3nc(-c4ccccc4)nc(-c4ccc(-c5ccc(-c6ccc7sc8ccccc8c7c6)c6oc7ccccc7c56)cc4)n3)c2)cc1. The number of fused-ring (bicyclic) bond motifs is 6. The van der Waals surface area contributed by atoms with Gasteiger partial charge in [-0.15, -0.1) is 11.3 Å². The van der Waals surface area contributed by atoms with Gasteiger partial charge in [0.25, 0.3) is 0 Å². The van der Waals surface area contributed by atoms with E-state index in [0.29, 0.717) is 17.5 Å². The quantitative estimate of drug-likeness (QED) is 0.161.